The van der Waals surface area contributed by atoms with Gasteiger partial charge in [0.25, 0.3) is 0 Å². The molecule has 1 saturated heterocycles. The average Bonchev–Trinajstić information content (AvgIpc) is 2.76. The molecule has 0 radical (unpaired) electrons. The number of carbonyl (C=O) groups excluding carboxylic acids is 1. The van der Waals surface area contributed by atoms with Crippen molar-refractivity contribution in [3.63, 3.8) is 0 Å². The lowest BCUT2D eigenvalue weighted by Gasteiger charge is -2.48. The van der Waals surface area contributed by atoms with Crippen LogP contribution in [-0.4, -0.2) is 29.7 Å². The van der Waals surface area contributed by atoms with Crippen LogP contribution in [0, 0.1) is 11.3 Å². The fourth-order valence-corrected chi connectivity index (χ4v) is 4.90. The summed E-state index contributed by atoms with van der Waals surface area (Å²) in [5.41, 5.74) is 0.246. The van der Waals surface area contributed by atoms with E-state index in [1.807, 2.05) is 4.90 Å². The van der Waals surface area contributed by atoms with Crippen molar-refractivity contribution in [3.8, 4) is 0 Å². The summed E-state index contributed by atoms with van der Waals surface area (Å²) in [7, 11) is 0. The van der Waals surface area contributed by atoms with Crippen molar-refractivity contribution in [1.29, 1.82) is 0 Å². The Kier molecular flexibility index (Phi) is 4.20. The Bertz CT molecular complexity index is 379. The van der Waals surface area contributed by atoms with E-state index >= 15 is 0 Å². The fraction of sp³-hybridized carbons (Fsp3) is 0.944. The van der Waals surface area contributed by atoms with E-state index in [4.69, 9.17) is 4.74 Å². The molecule has 0 bridgehead atoms. The standard InChI is InChI=1S/C18H31NO2/c1-17(2)14-21-16(20)19(17)13-18(11-7-4-8-12-18)15-9-5-3-6-10-15/h15H,3-14H2,1-2H3. The number of rotatable bonds is 3. The number of hydrogen-bond acceptors (Lipinski definition) is 2. The molecule has 0 atom stereocenters. The second kappa shape index (κ2) is 5.81. The number of hydrogen-bond donors (Lipinski definition) is 0. The first-order valence-electron chi connectivity index (χ1n) is 8.98. The average molecular weight is 293 g/mol. The van der Waals surface area contributed by atoms with Gasteiger partial charge in [-0.05, 0) is 50.9 Å². The van der Waals surface area contributed by atoms with E-state index in [0.717, 1.165) is 12.5 Å². The molecule has 0 aromatic rings. The number of amides is 1. The van der Waals surface area contributed by atoms with Crippen molar-refractivity contribution >= 4 is 6.09 Å². The monoisotopic (exact) mass is 293 g/mol. The molecule has 120 valence electrons. The number of carbonyl (C=O) groups is 1. The molecule has 0 aromatic heterocycles. The highest BCUT2D eigenvalue weighted by atomic mass is 16.6. The number of cyclic esters (lactones) is 1. The van der Waals surface area contributed by atoms with Crippen molar-refractivity contribution < 1.29 is 9.53 Å². The van der Waals surface area contributed by atoms with Gasteiger partial charge in [0.05, 0.1) is 5.54 Å². The van der Waals surface area contributed by atoms with Crippen LogP contribution in [0.15, 0.2) is 0 Å². The van der Waals surface area contributed by atoms with Crippen molar-refractivity contribution in [1.82, 2.24) is 4.90 Å². The molecular weight excluding hydrogens is 262 g/mol. The number of ether oxygens (including phenoxy) is 1. The van der Waals surface area contributed by atoms with Crippen LogP contribution in [0.1, 0.15) is 78.1 Å². The summed E-state index contributed by atoms with van der Waals surface area (Å²) in [4.78, 5) is 14.2. The minimum atomic E-state index is -0.129. The normalized spacial score (nSPS) is 29.4. The first-order chi connectivity index (χ1) is 10.0. The highest BCUT2D eigenvalue weighted by molar-refractivity contribution is 5.71. The predicted octanol–water partition coefficient (Wildman–Crippen LogP) is 4.75. The van der Waals surface area contributed by atoms with Crippen molar-refractivity contribution in [2.24, 2.45) is 11.3 Å². The fourth-order valence-electron chi connectivity index (χ4n) is 4.90. The van der Waals surface area contributed by atoms with Gasteiger partial charge in [0.2, 0.25) is 0 Å². The van der Waals surface area contributed by atoms with Gasteiger partial charge in [0, 0.05) is 6.54 Å². The molecule has 1 heterocycles. The maximum atomic E-state index is 12.2. The molecule has 21 heavy (non-hydrogen) atoms. The van der Waals surface area contributed by atoms with E-state index in [2.05, 4.69) is 13.8 Å². The van der Waals surface area contributed by atoms with E-state index in [0.29, 0.717) is 12.0 Å². The van der Waals surface area contributed by atoms with Gasteiger partial charge in [-0.2, -0.15) is 0 Å². The van der Waals surface area contributed by atoms with Crippen LogP contribution in [0.3, 0.4) is 0 Å². The van der Waals surface area contributed by atoms with Gasteiger partial charge in [0.15, 0.2) is 0 Å². The Morgan fingerprint density at radius 2 is 1.67 bits per heavy atom. The van der Waals surface area contributed by atoms with E-state index in [-0.39, 0.29) is 11.6 Å². The van der Waals surface area contributed by atoms with Crippen LogP contribution < -0.4 is 0 Å². The molecule has 0 unspecified atom stereocenters. The zero-order chi connectivity index (χ0) is 14.9. The van der Waals surface area contributed by atoms with Crippen LogP contribution in [0.5, 0.6) is 0 Å². The first kappa shape index (κ1) is 15.2. The highest BCUT2D eigenvalue weighted by Gasteiger charge is 2.48. The summed E-state index contributed by atoms with van der Waals surface area (Å²) < 4.78 is 5.34. The molecule has 0 spiro atoms. The topological polar surface area (TPSA) is 29.5 Å². The van der Waals surface area contributed by atoms with E-state index < -0.39 is 0 Å². The lowest BCUT2D eigenvalue weighted by Crippen LogP contribution is -2.51. The van der Waals surface area contributed by atoms with Gasteiger partial charge < -0.3 is 4.74 Å². The smallest absolute Gasteiger partial charge is 0.410 e. The van der Waals surface area contributed by atoms with Crippen molar-refractivity contribution in [2.45, 2.75) is 83.6 Å². The van der Waals surface area contributed by atoms with Crippen molar-refractivity contribution in [3.05, 3.63) is 0 Å². The lowest BCUT2D eigenvalue weighted by atomic mass is 9.61. The van der Waals surface area contributed by atoms with Gasteiger partial charge in [-0.15, -0.1) is 0 Å². The number of nitrogens with zero attached hydrogens (tertiary/aromatic N) is 1. The molecule has 0 aromatic carbocycles. The molecule has 1 amide bonds. The van der Waals surface area contributed by atoms with Crippen LogP contribution >= 0.6 is 0 Å². The van der Waals surface area contributed by atoms with Crippen LogP contribution in [-0.2, 0) is 4.74 Å². The van der Waals surface area contributed by atoms with E-state index in [9.17, 15) is 4.79 Å². The molecule has 3 rings (SSSR count). The van der Waals surface area contributed by atoms with E-state index in [1.54, 1.807) is 0 Å². The molecule has 3 fully saturated rings. The zero-order valence-electron chi connectivity index (χ0n) is 13.8. The summed E-state index contributed by atoms with van der Waals surface area (Å²) in [5, 5.41) is 0. The van der Waals surface area contributed by atoms with Gasteiger partial charge in [-0.3, -0.25) is 4.90 Å². The second-order valence-electron chi connectivity index (χ2n) is 8.21. The largest absolute Gasteiger partial charge is 0.447 e. The minimum absolute atomic E-state index is 0.0826. The van der Waals surface area contributed by atoms with Gasteiger partial charge in [-0.25, -0.2) is 4.79 Å². The van der Waals surface area contributed by atoms with Crippen LogP contribution in [0.2, 0.25) is 0 Å². The zero-order valence-corrected chi connectivity index (χ0v) is 13.8. The van der Waals surface area contributed by atoms with Crippen LogP contribution in [0.25, 0.3) is 0 Å². The maximum Gasteiger partial charge on any atom is 0.410 e. The molecule has 2 saturated carbocycles. The molecule has 3 aliphatic rings. The second-order valence-corrected chi connectivity index (χ2v) is 8.21. The molecule has 3 heteroatoms. The predicted molar refractivity (Wildman–Crippen MR) is 84.2 cm³/mol. The van der Waals surface area contributed by atoms with Gasteiger partial charge in [0.1, 0.15) is 6.61 Å². The molecule has 0 N–H and O–H groups in total. The van der Waals surface area contributed by atoms with E-state index in [1.165, 1.54) is 64.2 Å². The molecule has 3 nitrogen and oxygen atoms in total. The SMILES string of the molecule is CC1(C)COC(=O)N1CC1(C2CCCCC2)CCCCC1. The Morgan fingerprint density at radius 3 is 2.24 bits per heavy atom. The third kappa shape index (κ3) is 2.93. The molecule has 2 aliphatic carbocycles. The Morgan fingerprint density at radius 1 is 1.05 bits per heavy atom. The quantitative estimate of drug-likeness (QED) is 0.751. The van der Waals surface area contributed by atoms with Crippen molar-refractivity contribution in [2.75, 3.05) is 13.2 Å². The molecular formula is C18H31NO2. The van der Waals surface area contributed by atoms with Gasteiger partial charge >= 0.3 is 6.09 Å². The lowest BCUT2D eigenvalue weighted by molar-refractivity contribution is 0.0196. The first-order valence-corrected chi connectivity index (χ1v) is 8.98. The molecule has 1 aliphatic heterocycles. The summed E-state index contributed by atoms with van der Waals surface area (Å²) >= 11 is 0. The summed E-state index contributed by atoms with van der Waals surface area (Å²) in [6.07, 6.45) is 13.6. The van der Waals surface area contributed by atoms with Crippen LogP contribution in [0.4, 0.5) is 4.79 Å². The summed E-state index contributed by atoms with van der Waals surface area (Å²) in [6, 6.07) is 0. The van der Waals surface area contributed by atoms with Gasteiger partial charge in [-0.1, -0.05) is 38.5 Å². The third-order valence-electron chi connectivity index (χ3n) is 6.29. The highest BCUT2D eigenvalue weighted by Crippen LogP contribution is 2.49. The Labute approximate surface area is 129 Å². The summed E-state index contributed by atoms with van der Waals surface area (Å²) in [6.45, 7) is 5.78. The minimum Gasteiger partial charge on any atom is -0.447 e. The maximum absolute atomic E-state index is 12.2. The third-order valence-corrected chi connectivity index (χ3v) is 6.29. The summed E-state index contributed by atoms with van der Waals surface area (Å²) in [5.74, 6) is 0.829. The Balaban J connectivity index is 1.80. The Hall–Kier alpha value is -0.730.